The van der Waals surface area contributed by atoms with E-state index in [0.29, 0.717) is 10.9 Å². The van der Waals surface area contributed by atoms with E-state index in [1.165, 1.54) is 11.3 Å². The van der Waals surface area contributed by atoms with E-state index in [-0.39, 0.29) is 36.7 Å². The summed E-state index contributed by atoms with van der Waals surface area (Å²) in [7, 11) is 0. The highest BCUT2D eigenvalue weighted by atomic mass is 79.9. The van der Waals surface area contributed by atoms with E-state index in [0.717, 1.165) is 9.78 Å². The van der Waals surface area contributed by atoms with Gasteiger partial charge in [-0.2, -0.15) is 0 Å². The predicted molar refractivity (Wildman–Crippen MR) is 104 cm³/mol. The van der Waals surface area contributed by atoms with Gasteiger partial charge in [0.15, 0.2) is 0 Å². The molecule has 1 aliphatic heterocycles. The number of hydrogen-bond donors (Lipinski definition) is 2. The number of nitrogens with zero attached hydrogens (tertiary/aromatic N) is 1. The molecule has 1 aromatic carbocycles. The Morgan fingerprint density at radius 1 is 1.00 bits per heavy atom. The number of fused-ring (bicyclic) bond motifs is 1. The van der Waals surface area contributed by atoms with E-state index in [1.54, 1.807) is 18.2 Å². The lowest BCUT2D eigenvalue weighted by molar-refractivity contribution is -0.122. The number of rotatable bonds is 7. The molecule has 3 rings (SSSR count). The van der Waals surface area contributed by atoms with Crippen LogP contribution >= 0.6 is 27.3 Å². The smallest absolute Gasteiger partial charge is 0.262 e. The number of hydrogen-bond acceptors (Lipinski definition) is 5. The zero-order chi connectivity index (χ0) is 19.4. The van der Waals surface area contributed by atoms with Crippen molar-refractivity contribution in [1.82, 2.24) is 15.5 Å². The van der Waals surface area contributed by atoms with Crippen molar-refractivity contribution >= 4 is 50.9 Å². The summed E-state index contributed by atoms with van der Waals surface area (Å²) < 4.78 is 0.687. The summed E-state index contributed by atoms with van der Waals surface area (Å²) in [4.78, 5) is 50.3. The van der Waals surface area contributed by atoms with Crippen molar-refractivity contribution in [3.63, 3.8) is 0 Å². The van der Waals surface area contributed by atoms with Crippen LogP contribution in [-0.4, -0.2) is 48.2 Å². The van der Waals surface area contributed by atoms with E-state index in [1.807, 2.05) is 17.5 Å². The summed E-state index contributed by atoms with van der Waals surface area (Å²) >= 11 is 4.77. The molecule has 2 heterocycles. The van der Waals surface area contributed by atoms with Gasteiger partial charge in [-0.05, 0) is 29.6 Å². The molecular weight excluding hydrogens is 434 g/mol. The maximum atomic E-state index is 12.3. The molecule has 0 radical (unpaired) electrons. The highest BCUT2D eigenvalue weighted by Gasteiger charge is 2.36. The number of nitrogens with one attached hydrogen (secondary N) is 2. The first-order chi connectivity index (χ1) is 13.0. The summed E-state index contributed by atoms with van der Waals surface area (Å²) in [6, 6.07) is 8.56. The Morgan fingerprint density at radius 3 is 2.41 bits per heavy atom. The fourth-order valence-corrected chi connectivity index (χ4v) is 3.71. The van der Waals surface area contributed by atoms with Crippen molar-refractivity contribution in [1.29, 1.82) is 0 Å². The maximum absolute atomic E-state index is 12.3. The van der Waals surface area contributed by atoms with Crippen molar-refractivity contribution in [3.8, 4) is 0 Å². The molecule has 0 fully saturated rings. The van der Waals surface area contributed by atoms with Gasteiger partial charge in [0.1, 0.15) is 6.54 Å². The maximum Gasteiger partial charge on any atom is 0.262 e. The number of benzene rings is 1. The Labute approximate surface area is 167 Å². The monoisotopic (exact) mass is 449 g/mol. The third kappa shape index (κ3) is 4.61. The summed E-state index contributed by atoms with van der Waals surface area (Å²) in [6.07, 6.45) is 0.302. The zero-order valence-electron chi connectivity index (χ0n) is 14.2. The highest BCUT2D eigenvalue weighted by molar-refractivity contribution is 9.10. The molecule has 4 amide bonds. The van der Waals surface area contributed by atoms with Gasteiger partial charge in [0.2, 0.25) is 11.8 Å². The van der Waals surface area contributed by atoms with Crippen LogP contribution < -0.4 is 10.6 Å². The fourth-order valence-electron chi connectivity index (χ4n) is 2.64. The van der Waals surface area contributed by atoms with Gasteiger partial charge in [0, 0.05) is 22.4 Å². The summed E-state index contributed by atoms with van der Waals surface area (Å²) in [6.45, 7) is 0.127. The molecule has 0 spiro atoms. The SMILES string of the molecule is O=C(Cc1cccs1)NCCNC(=O)CN1C(=O)c2ccc(Br)cc2C1=O. The molecule has 1 aliphatic rings. The Hall–Kier alpha value is -2.52. The van der Waals surface area contributed by atoms with Crippen molar-refractivity contribution in [3.05, 3.63) is 56.2 Å². The minimum Gasteiger partial charge on any atom is -0.354 e. The first-order valence-electron chi connectivity index (χ1n) is 8.17. The molecule has 27 heavy (non-hydrogen) atoms. The van der Waals surface area contributed by atoms with Crippen LogP contribution in [0.1, 0.15) is 25.6 Å². The van der Waals surface area contributed by atoms with Gasteiger partial charge in [-0.25, -0.2) is 0 Å². The van der Waals surface area contributed by atoms with Crippen LogP contribution in [0.15, 0.2) is 40.2 Å². The second-order valence-corrected chi connectivity index (χ2v) is 7.79. The molecule has 0 aliphatic carbocycles. The van der Waals surface area contributed by atoms with Gasteiger partial charge >= 0.3 is 0 Å². The van der Waals surface area contributed by atoms with Gasteiger partial charge in [-0.3, -0.25) is 24.1 Å². The highest BCUT2D eigenvalue weighted by Crippen LogP contribution is 2.25. The van der Waals surface area contributed by atoms with Crippen LogP contribution in [-0.2, 0) is 16.0 Å². The largest absolute Gasteiger partial charge is 0.354 e. The van der Waals surface area contributed by atoms with Gasteiger partial charge in [-0.15, -0.1) is 11.3 Å². The molecular formula is C18H16BrN3O4S. The van der Waals surface area contributed by atoms with Crippen molar-refractivity contribution in [2.45, 2.75) is 6.42 Å². The molecule has 0 unspecified atom stereocenters. The first kappa shape index (κ1) is 19.2. The zero-order valence-corrected chi connectivity index (χ0v) is 16.6. The van der Waals surface area contributed by atoms with Crippen molar-refractivity contribution in [2.24, 2.45) is 0 Å². The van der Waals surface area contributed by atoms with Gasteiger partial charge < -0.3 is 10.6 Å². The third-order valence-electron chi connectivity index (χ3n) is 3.92. The molecule has 1 aromatic heterocycles. The quantitative estimate of drug-likeness (QED) is 0.495. The third-order valence-corrected chi connectivity index (χ3v) is 5.29. The minimum atomic E-state index is -0.490. The summed E-state index contributed by atoms with van der Waals surface area (Å²) in [5, 5.41) is 7.21. The van der Waals surface area contributed by atoms with Crippen LogP contribution in [0.3, 0.4) is 0 Å². The molecule has 9 heteroatoms. The number of thiophene rings is 1. The number of carbonyl (C=O) groups is 4. The van der Waals surface area contributed by atoms with E-state index >= 15 is 0 Å². The lowest BCUT2D eigenvalue weighted by atomic mass is 10.1. The first-order valence-corrected chi connectivity index (χ1v) is 9.84. The van der Waals surface area contributed by atoms with Crippen LogP contribution in [0.25, 0.3) is 0 Å². The topological polar surface area (TPSA) is 95.6 Å². The Kier molecular flexibility index (Phi) is 6.02. The second kappa shape index (κ2) is 8.45. The number of carbonyl (C=O) groups excluding carboxylic acids is 4. The van der Waals surface area contributed by atoms with Crippen molar-refractivity contribution in [2.75, 3.05) is 19.6 Å². The fraction of sp³-hybridized carbons (Fsp3) is 0.222. The van der Waals surface area contributed by atoms with Gasteiger partial charge in [0.05, 0.1) is 17.5 Å². The molecule has 7 nitrogen and oxygen atoms in total. The molecule has 2 aromatic rings. The molecule has 0 saturated carbocycles. The van der Waals surface area contributed by atoms with Crippen molar-refractivity contribution < 1.29 is 19.2 Å². The van der Waals surface area contributed by atoms with Gasteiger partial charge in [0.25, 0.3) is 11.8 Å². The van der Waals surface area contributed by atoms with E-state index in [9.17, 15) is 19.2 Å². The Balaban J connectivity index is 1.43. The predicted octanol–water partition coefficient (Wildman–Crippen LogP) is 1.58. The molecule has 2 N–H and O–H groups in total. The van der Waals surface area contributed by atoms with Crippen LogP contribution in [0.5, 0.6) is 0 Å². The molecule has 0 atom stereocenters. The summed E-state index contributed by atoms with van der Waals surface area (Å²) in [5.41, 5.74) is 0.569. The van der Waals surface area contributed by atoms with E-state index in [2.05, 4.69) is 26.6 Å². The number of halogens is 1. The number of amides is 4. The normalized spacial score (nSPS) is 12.9. The average molecular weight is 450 g/mol. The standard InChI is InChI=1S/C18H16BrN3O4S/c19-11-3-4-13-14(8-11)18(26)22(17(13)25)10-16(24)21-6-5-20-15(23)9-12-2-1-7-27-12/h1-4,7-8H,5-6,9-10H2,(H,20,23)(H,21,24). The molecule has 140 valence electrons. The number of imide groups is 1. The molecule has 0 bridgehead atoms. The van der Waals surface area contributed by atoms with Gasteiger partial charge in [-0.1, -0.05) is 22.0 Å². The molecule has 0 saturated heterocycles. The Bertz CT molecular complexity index is 898. The van der Waals surface area contributed by atoms with E-state index < -0.39 is 17.7 Å². The van der Waals surface area contributed by atoms with Crippen LogP contribution in [0.4, 0.5) is 0 Å². The average Bonchev–Trinajstić information content (AvgIpc) is 3.22. The minimum absolute atomic E-state index is 0.127. The van der Waals surface area contributed by atoms with Crippen LogP contribution in [0.2, 0.25) is 0 Å². The lowest BCUT2D eigenvalue weighted by Gasteiger charge is -2.13. The second-order valence-electron chi connectivity index (χ2n) is 5.84. The summed E-state index contributed by atoms with van der Waals surface area (Å²) in [5.74, 6) is -1.56. The Morgan fingerprint density at radius 2 is 1.70 bits per heavy atom. The lowest BCUT2D eigenvalue weighted by Crippen LogP contribution is -2.42. The van der Waals surface area contributed by atoms with Crippen LogP contribution in [0, 0.1) is 0 Å². The van der Waals surface area contributed by atoms with E-state index in [4.69, 9.17) is 0 Å².